The summed E-state index contributed by atoms with van der Waals surface area (Å²) in [6.07, 6.45) is 0.398. The summed E-state index contributed by atoms with van der Waals surface area (Å²) in [7, 11) is 1.59. The first-order valence-corrected chi connectivity index (χ1v) is 11.9. The van der Waals surface area contributed by atoms with Crippen molar-refractivity contribution in [2.75, 3.05) is 20.3 Å². The first-order valence-electron chi connectivity index (χ1n) is 11.1. The van der Waals surface area contributed by atoms with E-state index in [1.807, 2.05) is 61.5 Å². The molecule has 6 nitrogen and oxygen atoms in total. The van der Waals surface area contributed by atoms with Crippen molar-refractivity contribution >= 4 is 27.7 Å². The highest BCUT2D eigenvalue weighted by molar-refractivity contribution is 9.10. The molecule has 3 rings (SSSR count). The van der Waals surface area contributed by atoms with E-state index in [1.54, 1.807) is 36.3 Å². The number of benzene rings is 3. The van der Waals surface area contributed by atoms with Crippen LogP contribution in [0.25, 0.3) is 0 Å². The third kappa shape index (κ3) is 7.35. The van der Waals surface area contributed by atoms with Gasteiger partial charge in [-0.2, -0.15) is 0 Å². The Hall–Kier alpha value is -3.32. The lowest BCUT2D eigenvalue weighted by molar-refractivity contribution is -0.142. The molecule has 0 unspecified atom stereocenters. The normalized spacial score (nSPS) is 11.4. The summed E-state index contributed by atoms with van der Waals surface area (Å²) in [4.78, 5) is 28.2. The fourth-order valence-electron chi connectivity index (χ4n) is 3.58. The Balaban J connectivity index is 1.86. The van der Waals surface area contributed by atoms with Crippen molar-refractivity contribution in [3.8, 4) is 11.5 Å². The number of methoxy groups -OCH3 is 1. The van der Waals surface area contributed by atoms with Crippen LogP contribution in [-0.2, 0) is 22.6 Å². The summed E-state index contributed by atoms with van der Waals surface area (Å²) in [6.45, 7) is 2.43. The van der Waals surface area contributed by atoms with Gasteiger partial charge in [-0.15, -0.1) is 0 Å². The highest BCUT2D eigenvalue weighted by Crippen LogP contribution is 2.20. The van der Waals surface area contributed by atoms with Gasteiger partial charge in [-0.1, -0.05) is 58.4 Å². The second kappa shape index (κ2) is 12.8. The molecular formula is C27H29BrN2O4. The van der Waals surface area contributed by atoms with Gasteiger partial charge in [-0.25, -0.2) is 0 Å². The predicted octanol–water partition coefficient (Wildman–Crippen LogP) is 4.61. The number of nitrogens with one attached hydrogen (secondary N) is 1. The van der Waals surface area contributed by atoms with E-state index in [9.17, 15) is 9.59 Å². The van der Waals surface area contributed by atoms with Crippen LogP contribution < -0.4 is 14.8 Å². The SMILES string of the molecule is CCNC(=O)[C@H](Cc1ccccc1)N(Cc1cccc(Br)c1)C(=O)COc1ccc(OC)cc1. The molecule has 0 aliphatic heterocycles. The van der Waals surface area contributed by atoms with Crippen LogP contribution in [0.15, 0.2) is 83.3 Å². The standard InChI is InChI=1S/C27H29BrN2O4/c1-3-29-27(32)25(17-20-8-5-4-6-9-20)30(18-21-10-7-11-22(28)16-21)26(31)19-34-24-14-12-23(33-2)13-15-24/h4-16,25H,3,17-19H2,1-2H3,(H,29,32)/t25-/m0/s1. The highest BCUT2D eigenvalue weighted by Gasteiger charge is 2.30. The number of hydrogen-bond acceptors (Lipinski definition) is 4. The number of amides is 2. The zero-order valence-electron chi connectivity index (χ0n) is 19.4. The number of rotatable bonds is 11. The average molecular weight is 525 g/mol. The number of halogens is 1. The third-order valence-electron chi connectivity index (χ3n) is 5.29. The van der Waals surface area contributed by atoms with Crippen LogP contribution in [0.2, 0.25) is 0 Å². The van der Waals surface area contributed by atoms with Gasteiger partial charge in [-0.05, 0) is 54.4 Å². The van der Waals surface area contributed by atoms with Crippen LogP contribution in [0.3, 0.4) is 0 Å². The molecule has 0 heterocycles. The minimum absolute atomic E-state index is 0.189. The van der Waals surface area contributed by atoms with E-state index in [0.29, 0.717) is 24.5 Å². The Bertz CT molecular complexity index is 1070. The summed E-state index contributed by atoms with van der Waals surface area (Å²) in [5.74, 6) is 0.783. The van der Waals surface area contributed by atoms with Crippen LogP contribution in [0, 0.1) is 0 Å². The average Bonchev–Trinajstić information content (AvgIpc) is 2.85. The third-order valence-corrected chi connectivity index (χ3v) is 5.78. The molecule has 0 saturated carbocycles. The molecule has 0 aromatic heterocycles. The van der Waals surface area contributed by atoms with E-state index in [2.05, 4.69) is 21.2 Å². The number of carbonyl (C=O) groups is 2. The minimum atomic E-state index is -0.687. The molecule has 0 aliphatic rings. The molecule has 34 heavy (non-hydrogen) atoms. The molecular weight excluding hydrogens is 496 g/mol. The largest absolute Gasteiger partial charge is 0.497 e. The second-order valence-corrected chi connectivity index (χ2v) is 8.63. The smallest absolute Gasteiger partial charge is 0.261 e. The number of nitrogens with zero attached hydrogens (tertiary/aromatic N) is 1. The number of likely N-dealkylation sites (N-methyl/N-ethyl adjacent to an activating group) is 1. The van der Waals surface area contributed by atoms with E-state index in [0.717, 1.165) is 15.6 Å². The molecule has 3 aromatic rings. The van der Waals surface area contributed by atoms with Crippen molar-refractivity contribution < 1.29 is 19.1 Å². The quantitative estimate of drug-likeness (QED) is 0.397. The lowest BCUT2D eigenvalue weighted by atomic mass is 10.0. The van der Waals surface area contributed by atoms with E-state index >= 15 is 0 Å². The summed E-state index contributed by atoms with van der Waals surface area (Å²) < 4.78 is 11.8. The van der Waals surface area contributed by atoms with Gasteiger partial charge in [0.2, 0.25) is 5.91 Å². The van der Waals surface area contributed by atoms with Crippen molar-refractivity contribution in [3.05, 3.63) is 94.5 Å². The van der Waals surface area contributed by atoms with Gasteiger partial charge in [0.05, 0.1) is 7.11 Å². The van der Waals surface area contributed by atoms with Crippen LogP contribution in [0.1, 0.15) is 18.1 Å². The molecule has 0 fully saturated rings. The van der Waals surface area contributed by atoms with E-state index in [4.69, 9.17) is 9.47 Å². The monoisotopic (exact) mass is 524 g/mol. The van der Waals surface area contributed by atoms with Crippen molar-refractivity contribution in [1.82, 2.24) is 10.2 Å². The van der Waals surface area contributed by atoms with Gasteiger partial charge in [0.1, 0.15) is 17.5 Å². The Morgan fingerprint density at radius 3 is 2.26 bits per heavy atom. The topological polar surface area (TPSA) is 67.9 Å². The maximum absolute atomic E-state index is 13.5. The fraction of sp³-hybridized carbons (Fsp3) is 0.259. The maximum atomic E-state index is 13.5. The van der Waals surface area contributed by atoms with Crippen molar-refractivity contribution in [3.63, 3.8) is 0 Å². The van der Waals surface area contributed by atoms with Gasteiger partial charge in [0.15, 0.2) is 6.61 Å². The second-order valence-electron chi connectivity index (χ2n) is 7.72. The van der Waals surface area contributed by atoms with Gasteiger partial charge in [0.25, 0.3) is 5.91 Å². The van der Waals surface area contributed by atoms with E-state index in [-0.39, 0.29) is 25.0 Å². The lowest BCUT2D eigenvalue weighted by Gasteiger charge is -2.31. The van der Waals surface area contributed by atoms with Crippen molar-refractivity contribution in [2.45, 2.75) is 25.9 Å². The zero-order chi connectivity index (χ0) is 24.3. The molecule has 178 valence electrons. The molecule has 0 saturated heterocycles. The van der Waals surface area contributed by atoms with Crippen molar-refractivity contribution in [2.24, 2.45) is 0 Å². The Kier molecular flexibility index (Phi) is 9.52. The molecule has 0 aliphatic carbocycles. The number of ether oxygens (including phenoxy) is 2. The van der Waals surface area contributed by atoms with Crippen molar-refractivity contribution in [1.29, 1.82) is 0 Å². The predicted molar refractivity (Wildman–Crippen MR) is 136 cm³/mol. The van der Waals surface area contributed by atoms with Crippen LogP contribution >= 0.6 is 15.9 Å². The molecule has 3 aromatic carbocycles. The first-order chi connectivity index (χ1) is 16.5. The first kappa shape index (κ1) is 25.3. The zero-order valence-corrected chi connectivity index (χ0v) is 21.0. The highest BCUT2D eigenvalue weighted by atomic mass is 79.9. The lowest BCUT2D eigenvalue weighted by Crippen LogP contribution is -2.51. The summed E-state index contributed by atoms with van der Waals surface area (Å²) in [5.41, 5.74) is 1.89. The molecule has 7 heteroatoms. The molecule has 0 bridgehead atoms. The van der Waals surface area contributed by atoms with Gasteiger partial charge in [0, 0.05) is 24.0 Å². The van der Waals surface area contributed by atoms with Gasteiger partial charge < -0.3 is 19.7 Å². The number of hydrogen-bond donors (Lipinski definition) is 1. The molecule has 2 amide bonds. The maximum Gasteiger partial charge on any atom is 0.261 e. The molecule has 1 atom stereocenters. The van der Waals surface area contributed by atoms with Crippen LogP contribution in [0.5, 0.6) is 11.5 Å². The van der Waals surface area contributed by atoms with E-state index in [1.165, 1.54) is 0 Å². The minimum Gasteiger partial charge on any atom is -0.497 e. The van der Waals surface area contributed by atoms with E-state index < -0.39 is 6.04 Å². The molecule has 0 radical (unpaired) electrons. The summed E-state index contributed by atoms with van der Waals surface area (Å²) in [6, 6.07) is 23.8. The molecule has 1 N–H and O–H groups in total. The summed E-state index contributed by atoms with van der Waals surface area (Å²) >= 11 is 3.49. The number of carbonyl (C=O) groups excluding carboxylic acids is 2. The van der Waals surface area contributed by atoms with Gasteiger partial charge >= 0.3 is 0 Å². The van der Waals surface area contributed by atoms with Crippen LogP contribution in [-0.4, -0.2) is 43.0 Å². The summed E-state index contributed by atoms with van der Waals surface area (Å²) in [5, 5.41) is 2.89. The Morgan fingerprint density at radius 2 is 1.62 bits per heavy atom. The Morgan fingerprint density at radius 1 is 0.941 bits per heavy atom. The fourth-order valence-corrected chi connectivity index (χ4v) is 4.02. The van der Waals surface area contributed by atoms with Gasteiger partial charge in [-0.3, -0.25) is 9.59 Å². The Labute approximate surface area is 209 Å². The molecule has 0 spiro atoms. The van der Waals surface area contributed by atoms with Crippen LogP contribution in [0.4, 0.5) is 0 Å².